The van der Waals surface area contributed by atoms with Gasteiger partial charge in [0.25, 0.3) is 5.91 Å². The lowest BCUT2D eigenvalue weighted by atomic mass is 10.1. The van der Waals surface area contributed by atoms with E-state index in [4.69, 9.17) is 18.0 Å². The molecule has 0 spiro atoms. The van der Waals surface area contributed by atoms with Crippen molar-refractivity contribution >= 4 is 27.5 Å². The van der Waals surface area contributed by atoms with Crippen molar-refractivity contribution in [2.24, 2.45) is 0 Å². The minimum absolute atomic E-state index is 0.0224. The molecule has 0 fully saturated rings. The molecule has 0 saturated carbocycles. The van der Waals surface area contributed by atoms with E-state index in [1.807, 2.05) is 13.0 Å². The highest BCUT2D eigenvalue weighted by atomic mass is 35.5. The van der Waals surface area contributed by atoms with E-state index >= 15 is 0 Å². The highest BCUT2D eigenvalue weighted by Gasteiger charge is 2.17. The SMILES string of the molecule is C#CCNS(=O)(=O)c1cccc(C(=O)NC(C)c2cccc(Cl)c2)c1. The molecule has 2 aromatic rings. The van der Waals surface area contributed by atoms with Crippen LogP contribution < -0.4 is 10.0 Å². The quantitative estimate of drug-likeness (QED) is 0.761. The molecule has 130 valence electrons. The summed E-state index contributed by atoms with van der Waals surface area (Å²) in [6, 6.07) is 12.6. The van der Waals surface area contributed by atoms with Gasteiger partial charge >= 0.3 is 0 Å². The Kier molecular flexibility index (Phi) is 6.21. The van der Waals surface area contributed by atoms with Gasteiger partial charge in [-0.1, -0.05) is 35.7 Å². The van der Waals surface area contributed by atoms with E-state index in [0.717, 1.165) is 5.56 Å². The number of carbonyl (C=O) groups is 1. The maximum absolute atomic E-state index is 12.4. The molecule has 0 aromatic heterocycles. The molecule has 0 aliphatic carbocycles. The van der Waals surface area contributed by atoms with E-state index in [2.05, 4.69) is 16.0 Å². The minimum atomic E-state index is -3.75. The minimum Gasteiger partial charge on any atom is -0.346 e. The van der Waals surface area contributed by atoms with E-state index < -0.39 is 10.0 Å². The third-order valence-electron chi connectivity index (χ3n) is 3.47. The van der Waals surface area contributed by atoms with Crippen LogP contribution in [0.4, 0.5) is 0 Å². The molecule has 0 heterocycles. The number of terminal acetylenes is 1. The van der Waals surface area contributed by atoms with E-state index in [-0.39, 0.29) is 29.0 Å². The molecular formula is C18H17ClN2O3S. The fourth-order valence-electron chi connectivity index (χ4n) is 2.16. The number of halogens is 1. The highest BCUT2D eigenvalue weighted by Crippen LogP contribution is 2.18. The van der Waals surface area contributed by atoms with Crippen molar-refractivity contribution in [1.82, 2.24) is 10.0 Å². The van der Waals surface area contributed by atoms with Crippen molar-refractivity contribution in [3.63, 3.8) is 0 Å². The third-order valence-corrected chi connectivity index (χ3v) is 5.10. The first-order valence-corrected chi connectivity index (χ1v) is 9.29. The van der Waals surface area contributed by atoms with Crippen LogP contribution >= 0.6 is 11.6 Å². The predicted octanol–water partition coefficient (Wildman–Crippen LogP) is 2.74. The Morgan fingerprint density at radius 3 is 2.64 bits per heavy atom. The van der Waals surface area contributed by atoms with Crippen molar-refractivity contribution in [2.45, 2.75) is 17.9 Å². The number of hydrogen-bond donors (Lipinski definition) is 2. The maximum atomic E-state index is 12.4. The Morgan fingerprint density at radius 1 is 1.24 bits per heavy atom. The van der Waals surface area contributed by atoms with Crippen molar-refractivity contribution in [3.8, 4) is 12.3 Å². The summed E-state index contributed by atoms with van der Waals surface area (Å²) in [4.78, 5) is 12.4. The van der Waals surface area contributed by atoms with Crippen molar-refractivity contribution in [3.05, 3.63) is 64.7 Å². The van der Waals surface area contributed by atoms with Crippen LogP contribution in [-0.4, -0.2) is 20.9 Å². The zero-order chi connectivity index (χ0) is 18.4. The van der Waals surface area contributed by atoms with Gasteiger partial charge in [-0.15, -0.1) is 6.42 Å². The summed E-state index contributed by atoms with van der Waals surface area (Å²) >= 11 is 5.95. The Labute approximate surface area is 152 Å². The molecule has 2 rings (SSSR count). The summed E-state index contributed by atoms with van der Waals surface area (Å²) in [6.07, 6.45) is 5.06. The summed E-state index contributed by atoms with van der Waals surface area (Å²) in [6.45, 7) is 1.70. The molecule has 1 atom stereocenters. The Bertz CT molecular complexity index is 920. The number of amides is 1. The lowest BCUT2D eigenvalue weighted by Crippen LogP contribution is -2.27. The van der Waals surface area contributed by atoms with Crippen LogP contribution in [0.1, 0.15) is 28.9 Å². The predicted molar refractivity (Wildman–Crippen MR) is 97.8 cm³/mol. The Balaban J connectivity index is 2.17. The molecule has 1 unspecified atom stereocenters. The van der Waals surface area contributed by atoms with Crippen molar-refractivity contribution < 1.29 is 13.2 Å². The fraction of sp³-hybridized carbons (Fsp3) is 0.167. The second-order valence-corrected chi connectivity index (χ2v) is 7.51. The van der Waals surface area contributed by atoms with Crippen LogP contribution in [-0.2, 0) is 10.0 Å². The van der Waals surface area contributed by atoms with Gasteiger partial charge in [-0.2, -0.15) is 4.72 Å². The molecule has 0 aliphatic heterocycles. The molecule has 25 heavy (non-hydrogen) atoms. The average molecular weight is 377 g/mol. The molecule has 0 radical (unpaired) electrons. The summed E-state index contributed by atoms with van der Waals surface area (Å²) in [5.41, 5.74) is 1.08. The highest BCUT2D eigenvalue weighted by molar-refractivity contribution is 7.89. The molecular weight excluding hydrogens is 360 g/mol. The maximum Gasteiger partial charge on any atom is 0.251 e. The summed E-state index contributed by atoms with van der Waals surface area (Å²) in [7, 11) is -3.75. The van der Waals surface area contributed by atoms with Gasteiger partial charge in [0.1, 0.15) is 0 Å². The molecule has 0 bridgehead atoms. The second kappa shape index (κ2) is 8.17. The van der Waals surface area contributed by atoms with Gasteiger partial charge in [-0.3, -0.25) is 4.79 Å². The standard InChI is InChI=1S/C18H17ClN2O3S/c1-3-10-20-25(23,24)17-9-5-7-15(12-17)18(22)21-13(2)14-6-4-8-16(19)11-14/h1,4-9,11-13,20H,10H2,2H3,(H,21,22). The zero-order valence-electron chi connectivity index (χ0n) is 13.5. The lowest BCUT2D eigenvalue weighted by Gasteiger charge is -2.15. The largest absolute Gasteiger partial charge is 0.346 e. The van der Waals surface area contributed by atoms with Crippen molar-refractivity contribution in [1.29, 1.82) is 0 Å². The number of nitrogens with one attached hydrogen (secondary N) is 2. The van der Waals surface area contributed by atoms with Crippen LogP contribution in [0.5, 0.6) is 0 Å². The molecule has 0 aliphatic rings. The number of rotatable bonds is 6. The van der Waals surface area contributed by atoms with Gasteiger partial charge in [0.2, 0.25) is 10.0 Å². The normalized spacial score (nSPS) is 12.2. The number of benzene rings is 2. The molecule has 5 nitrogen and oxygen atoms in total. The van der Waals surface area contributed by atoms with E-state index in [1.165, 1.54) is 18.2 Å². The second-order valence-electron chi connectivity index (χ2n) is 5.31. The van der Waals surface area contributed by atoms with E-state index in [1.54, 1.807) is 24.3 Å². The first-order chi connectivity index (χ1) is 11.8. The van der Waals surface area contributed by atoms with Gasteiger partial charge < -0.3 is 5.32 Å². The zero-order valence-corrected chi connectivity index (χ0v) is 15.1. The summed E-state index contributed by atoms with van der Waals surface area (Å²) < 4.78 is 26.4. The first-order valence-electron chi connectivity index (χ1n) is 7.43. The molecule has 2 aromatic carbocycles. The molecule has 7 heteroatoms. The molecule has 1 amide bonds. The van der Waals surface area contributed by atoms with Gasteiger partial charge in [-0.25, -0.2) is 8.42 Å². The van der Waals surface area contributed by atoms with Gasteiger partial charge in [0, 0.05) is 10.6 Å². The lowest BCUT2D eigenvalue weighted by molar-refractivity contribution is 0.0939. The average Bonchev–Trinajstić information content (AvgIpc) is 2.60. The van der Waals surface area contributed by atoms with Crippen LogP contribution in [0.25, 0.3) is 0 Å². The van der Waals surface area contributed by atoms with E-state index in [9.17, 15) is 13.2 Å². The van der Waals surface area contributed by atoms with E-state index in [0.29, 0.717) is 5.02 Å². The number of sulfonamides is 1. The summed E-state index contributed by atoms with van der Waals surface area (Å²) in [5, 5.41) is 3.39. The smallest absolute Gasteiger partial charge is 0.251 e. The van der Waals surface area contributed by atoms with Crippen molar-refractivity contribution in [2.75, 3.05) is 6.54 Å². The number of hydrogen-bond acceptors (Lipinski definition) is 3. The van der Waals surface area contributed by atoms with Crippen LogP contribution in [0.2, 0.25) is 5.02 Å². The topological polar surface area (TPSA) is 75.3 Å². The fourth-order valence-corrected chi connectivity index (χ4v) is 3.34. The summed E-state index contributed by atoms with van der Waals surface area (Å²) in [5.74, 6) is 1.81. The Morgan fingerprint density at radius 2 is 1.96 bits per heavy atom. The molecule has 0 saturated heterocycles. The van der Waals surface area contributed by atoms with Gasteiger partial charge in [-0.05, 0) is 42.8 Å². The van der Waals surface area contributed by atoms with Crippen LogP contribution in [0.3, 0.4) is 0 Å². The Hall–Kier alpha value is -2.33. The third kappa shape index (κ3) is 5.07. The first kappa shape index (κ1) is 19.0. The van der Waals surface area contributed by atoms with Crippen LogP contribution in [0.15, 0.2) is 53.4 Å². The van der Waals surface area contributed by atoms with Gasteiger partial charge in [0.05, 0.1) is 17.5 Å². The monoisotopic (exact) mass is 376 g/mol. The number of carbonyl (C=O) groups excluding carboxylic acids is 1. The van der Waals surface area contributed by atoms with Crippen LogP contribution in [0, 0.1) is 12.3 Å². The molecule has 2 N–H and O–H groups in total. The van der Waals surface area contributed by atoms with Gasteiger partial charge in [0.15, 0.2) is 0 Å².